The van der Waals surface area contributed by atoms with Crippen LogP contribution in [0.25, 0.3) is 16.3 Å². The molecule has 4 nitrogen and oxygen atoms in total. The van der Waals surface area contributed by atoms with E-state index >= 15 is 0 Å². The predicted molar refractivity (Wildman–Crippen MR) is 63.8 cm³/mol. The highest BCUT2D eigenvalue weighted by Gasteiger charge is 2.18. The Morgan fingerprint density at radius 2 is 1.82 bits per heavy atom. The van der Waals surface area contributed by atoms with Gasteiger partial charge in [-0.15, -0.1) is 0 Å². The summed E-state index contributed by atoms with van der Waals surface area (Å²) in [6, 6.07) is 12.9. The Bertz CT molecular complexity index is 738. The van der Waals surface area contributed by atoms with Gasteiger partial charge >= 0.3 is 5.69 Å². The van der Waals surface area contributed by atoms with Crippen molar-refractivity contribution in [3.05, 3.63) is 65.0 Å². The number of hydrogen-bond donors (Lipinski definition) is 0. The Morgan fingerprint density at radius 3 is 2.59 bits per heavy atom. The van der Waals surface area contributed by atoms with Crippen molar-refractivity contribution in [1.82, 2.24) is 0 Å². The number of hydrogen-bond acceptors (Lipinski definition) is 2. The molecule has 0 fully saturated rings. The summed E-state index contributed by atoms with van der Waals surface area (Å²) in [5.74, 6) is 0. The fraction of sp³-hybridized carbons (Fsp3) is 0. The first-order valence-electron chi connectivity index (χ1n) is 5.23. The molecule has 0 aliphatic heterocycles. The first-order chi connectivity index (χ1) is 8.25. The number of nitro groups is 1. The lowest BCUT2D eigenvalue weighted by Gasteiger charge is -1.97. The number of rotatable bonds is 1. The highest BCUT2D eigenvalue weighted by Crippen LogP contribution is 2.20. The van der Waals surface area contributed by atoms with Crippen LogP contribution >= 0.6 is 0 Å². The molecule has 3 rings (SSSR count). The number of pyridine rings is 2. The maximum atomic E-state index is 10.9. The third-order valence-electron chi connectivity index (χ3n) is 2.80. The topological polar surface area (TPSA) is 47.2 Å². The van der Waals surface area contributed by atoms with Crippen LogP contribution in [-0.4, -0.2) is 4.92 Å². The van der Waals surface area contributed by atoms with Gasteiger partial charge in [-0.3, -0.25) is 10.1 Å². The van der Waals surface area contributed by atoms with Gasteiger partial charge in [0.15, 0.2) is 12.4 Å². The van der Waals surface area contributed by atoms with Crippen molar-refractivity contribution in [2.45, 2.75) is 0 Å². The Labute approximate surface area is 96.9 Å². The number of nitrogens with zero attached hydrogens (tertiary/aromatic N) is 2. The van der Waals surface area contributed by atoms with Crippen LogP contribution < -0.4 is 4.40 Å². The van der Waals surface area contributed by atoms with Gasteiger partial charge in [-0.05, 0) is 11.5 Å². The molecule has 17 heavy (non-hydrogen) atoms. The van der Waals surface area contributed by atoms with Crippen molar-refractivity contribution in [2.75, 3.05) is 0 Å². The number of aromatic nitrogens is 1. The van der Waals surface area contributed by atoms with Crippen LogP contribution in [0.1, 0.15) is 0 Å². The van der Waals surface area contributed by atoms with Crippen LogP contribution in [0.3, 0.4) is 0 Å². The van der Waals surface area contributed by atoms with Gasteiger partial charge in [0.25, 0.3) is 5.52 Å². The molecule has 82 valence electrons. The summed E-state index contributed by atoms with van der Waals surface area (Å²) in [5, 5.41) is 13.0. The molecule has 0 bridgehead atoms. The third kappa shape index (κ3) is 1.50. The molecule has 0 aliphatic carbocycles. The quantitative estimate of drug-likeness (QED) is 0.276. The van der Waals surface area contributed by atoms with Gasteiger partial charge in [0.05, 0.1) is 4.92 Å². The molecule has 1 aromatic carbocycles. The molecule has 2 aromatic heterocycles. The fourth-order valence-corrected chi connectivity index (χ4v) is 2.00. The lowest BCUT2D eigenvalue weighted by Crippen LogP contribution is -2.21. The van der Waals surface area contributed by atoms with Crippen molar-refractivity contribution in [2.24, 2.45) is 0 Å². The Hall–Kier alpha value is -2.49. The highest BCUT2D eigenvalue weighted by molar-refractivity contribution is 5.85. The molecule has 0 aliphatic rings. The molecule has 0 unspecified atom stereocenters. The van der Waals surface area contributed by atoms with E-state index in [4.69, 9.17) is 0 Å². The SMILES string of the molecule is O=[N+]([O-])c1ccc[n+]2cc3ccccc3cc12. The second-order valence-corrected chi connectivity index (χ2v) is 3.85. The van der Waals surface area contributed by atoms with Gasteiger partial charge in [-0.2, -0.15) is 4.40 Å². The summed E-state index contributed by atoms with van der Waals surface area (Å²) >= 11 is 0. The Kier molecular flexibility index (Phi) is 2.01. The van der Waals surface area contributed by atoms with Crippen molar-refractivity contribution in [3.8, 4) is 0 Å². The van der Waals surface area contributed by atoms with Crippen molar-refractivity contribution in [3.63, 3.8) is 0 Å². The lowest BCUT2D eigenvalue weighted by atomic mass is 10.1. The van der Waals surface area contributed by atoms with E-state index in [9.17, 15) is 10.1 Å². The van der Waals surface area contributed by atoms with E-state index in [0.717, 1.165) is 10.8 Å². The lowest BCUT2D eigenvalue weighted by molar-refractivity contribution is -0.516. The Balaban J connectivity index is 2.47. The molecular weight excluding hydrogens is 216 g/mol. The summed E-state index contributed by atoms with van der Waals surface area (Å²) in [4.78, 5) is 10.6. The van der Waals surface area contributed by atoms with E-state index in [1.807, 2.05) is 42.7 Å². The zero-order valence-corrected chi connectivity index (χ0v) is 8.91. The van der Waals surface area contributed by atoms with Crippen LogP contribution in [0.4, 0.5) is 5.69 Å². The second-order valence-electron chi connectivity index (χ2n) is 3.85. The predicted octanol–water partition coefficient (Wildman–Crippen LogP) is 2.49. The maximum absolute atomic E-state index is 10.9. The van der Waals surface area contributed by atoms with Crippen molar-refractivity contribution in [1.29, 1.82) is 0 Å². The van der Waals surface area contributed by atoms with E-state index < -0.39 is 0 Å². The second kappa shape index (κ2) is 3.52. The standard InChI is InChI=1S/C13H9N2O2/c16-15(17)12-6-3-7-14-9-11-5-2-1-4-10(11)8-13(12)14/h1-9H/q+1. The zero-order valence-electron chi connectivity index (χ0n) is 8.91. The first kappa shape index (κ1) is 9.72. The summed E-state index contributed by atoms with van der Waals surface area (Å²) in [6.07, 6.45) is 3.71. The molecule has 0 saturated carbocycles. The summed E-state index contributed by atoms with van der Waals surface area (Å²) in [5.41, 5.74) is 0.731. The van der Waals surface area contributed by atoms with Crippen LogP contribution in [-0.2, 0) is 0 Å². The van der Waals surface area contributed by atoms with Crippen LogP contribution in [0, 0.1) is 10.1 Å². The molecule has 0 amide bonds. The minimum Gasteiger partial charge on any atom is -0.258 e. The molecule has 0 spiro atoms. The monoisotopic (exact) mass is 225 g/mol. The molecule has 4 heteroatoms. The van der Waals surface area contributed by atoms with Crippen LogP contribution in [0.15, 0.2) is 54.9 Å². The zero-order chi connectivity index (χ0) is 11.8. The summed E-state index contributed by atoms with van der Waals surface area (Å²) < 4.78 is 1.78. The van der Waals surface area contributed by atoms with Gasteiger partial charge in [0, 0.05) is 23.6 Å². The molecule has 0 radical (unpaired) electrons. The van der Waals surface area contributed by atoms with E-state index in [0.29, 0.717) is 5.52 Å². The Morgan fingerprint density at radius 1 is 1.06 bits per heavy atom. The van der Waals surface area contributed by atoms with Gasteiger partial charge in [0.2, 0.25) is 0 Å². The molecule has 0 atom stereocenters. The van der Waals surface area contributed by atoms with E-state index in [1.54, 1.807) is 10.5 Å². The van der Waals surface area contributed by atoms with Crippen molar-refractivity contribution >= 4 is 22.0 Å². The smallest absolute Gasteiger partial charge is 0.258 e. The molecule has 0 saturated heterocycles. The minimum absolute atomic E-state index is 0.123. The number of fused-ring (bicyclic) bond motifs is 2. The largest absolute Gasteiger partial charge is 0.340 e. The highest BCUT2D eigenvalue weighted by atomic mass is 16.6. The molecule has 0 N–H and O–H groups in total. The maximum Gasteiger partial charge on any atom is 0.340 e. The van der Waals surface area contributed by atoms with E-state index in [-0.39, 0.29) is 10.6 Å². The van der Waals surface area contributed by atoms with Gasteiger partial charge in [-0.25, -0.2) is 0 Å². The van der Waals surface area contributed by atoms with Crippen molar-refractivity contribution < 1.29 is 9.32 Å². The first-order valence-corrected chi connectivity index (χ1v) is 5.23. The third-order valence-corrected chi connectivity index (χ3v) is 2.80. The molecule has 3 aromatic rings. The van der Waals surface area contributed by atoms with Gasteiger partial charge < -0.3 is 0 Å². The average molecular weight is 225 g/mol. The fourth-order valence-electron chi connectivity index (χ4n) is 2.00. The molecule has 2 heterocycles. The van der Waals surface area contributed by atoms with Gasteiger partial charge in [-0.1, -0.05) is 18.2 Å². The van der Waals surface area contributed by atoms with E-state index in [1.165, 1.54) is 6.07 Å². The van der Waals surface area contributed by atoms with Gasteiger partial charge in [0.1, 0.15) is 0 Å². The normalized spacial score (nSPS) is 10.8. The van der Waals surface area contributed by atoms with E-state index in [2.05, 4.69) is 0 Å². The summed E-state index contributed by atoms with van der Waals surface area (Å²) in [7, 11) is 0. The average Bonchev–Trinajstić information content (AvgIpc) is 2.35. The molecular formula is C13H9N2O2+. The summed E-state index contributed by atoms with van der Waals surface area (Å²) in [6.45, 7) is 0. The minimum atomic E-state index is -0.357. The number of benzene rings is 1. The van der Waals surface area contributed by atoms with Crippen LogP contribution in [0.2, 0.25) is 0 Å². The van der Waals surface area contributed by atoms with Crippen LogP contribution in [0.5, 0.6) is 0 Å².